The molecule has 2 aliphatic rings. The number of carbonyl (C=O) groups is 1. The maximum Gasteiger partial charge on any atom is 0.244 e. The molecule has 0 aromatic carbocycles. The highest BCUT2D eigenvalue weighted by atomic mass is 32.1. The molecule has 9 heteroatoms. The highest BCUT2D eigenvalue weighted by Gasteiger charge is 2.28. The van der Waals surface area contributed by atoms with Gasteiger partial charge in [-0.1, -0.05) is 23.4 Å². The third-order valence-corrected chi connectivity index (χ3v) is 6.83. The van der Waals surface area contributed by atoms with Gasteiger partial charge in [-0.3, -0.25) is 9.48 Å². The van der Waals surface area contributed by atoms with Gasteiger partial charge in [0.05, 0.1) is 10.7 Å². The summed E-state index contributed by atoms with van der Waals surface area (Å²) in [6.07, 6.45) is 15.6. The molecule has 1 saturated heterocycles. The van der Waals surface area contributed by atoms with E-state index >= 15 is 0 Å². The van der Waals surface area contributed by atoms with Gasteiger partial charge in [0.15, 0.2) is 6.10 Å². The van der Waals surface area contributed by atoms with Crippen molar-refractivity contribution in [2.75, 3.05) is 19.7 Å². The Kier molecular flexibility index (Phi) is 8.30. The van der Waals surface area contributed by atoms with E-state index in [0.717, 1.165) is 48.1 Å². The van der Waals surface area contributed by atoms with E-state index in [0.29, 0.717) is 25.5 Å². The van der Waals surface area contributed by atoms with Gasteiger partial charge < -0.3 is 14.5 Å². The number of nitrogens with zero attached hydrogens (tertiary/aromatic N) is 5. The van der Waals surface area contributed by atoms with Crippen LogP contribution in [0.15, 0.2) is 65.1 Å². The van der Waals surface area contributed by atoms with Crippen LogP contribution >= 0.6 is 11.3 Å². The lowest BCUT2D eigenvalue weighted by molar-refractivity contribution is -0.133. The van der Waals surface area contributed by atoms with Crippen LogP contribution in [-0.2, 0) is 20.9 Å². The SMILES string of the molecule is C\C=C/C=C(\C=C/C)OCC1CC(c2csc(C3CCN(C(=O)Cn4cccn4)CC3)n2)=NO1. The summed E-state index contributed by atoms with van der Waals surface area (Å²) in [5.41, 5.74) is 1.76. The summed E-state index contributed by atoms with van der Waals surface area (Å²) < 4.78 is 7.56. The first kappa shape index (κ1) is 23.9. The number of oxime groups is 1. The summed E-state index contributed by atoms with van der Waals surface area (Å²) in [4.78, 5) is 24.9. The monoisotopic (exact) mass is 481 g/mol. The lowest BCUT2D eigenvalue weighted by Gasteiger charge is -2.31. The van der Waals surface area contributed by atoms with Crippen LogP contribution in [0.2, 0.25) is 0 Å². The summed E-state index contributed by atoms with van der Waals surface area (Å²) in [6.45, 7) is 6.16. The first-order valence-corrected chi connectivity index (χ1v) is 12.6. The summed E-state index contributed by atoms with van der Waals surface area (Å²) >= 11 is 1.67. The molecule has 180 valence electrons. The van der Waals surface area contributed by atoms with E-state index in [1.807, 2.05) is 61.4 Å². The van der Waals surface area contributed by atoms with Crippen LogP contribution in [0, 0.1) is 0 Å². The maximum atomic E-state index is 12.5. The van der Waals surface area contributed by atoms with Gasteiger partial charge in [0.25, 0.3) is 0 Å². The normalized spacial score (nSPS) is 19.7. The third kappa shape index (κ3) is 6.22. The van der Waals surface area contributed by atoms with Crippen molar-refractivity contribution in [2.24, 2.45) is 5.16 Å². The Morgan fingerprint density at radius 3 is 2.88 bits per heavy atom. The third-order valence-electron chi connectivity index (χ3n) is 5.82. The largest absolute Gasteiger partial charge is 0.490 e. The second-order valence-electron chi connectivity index (χ2n) is 8.31. The number of allylic oxidation sites excluding steroid dienone is 5. The molecule has 2 aromatic rings. The van der Waals surface area contributed by atoms with Crippen molar-refractivity contribution >= 4 is 23.0 Å². The van der Waals surface area contributed by atoms with Crippen LogP contribution in [0.3, 0.4) is 0 Å². The minimum Gasteiger partial charge on any atom is -0.490 e. The number of carbonyl (C=O) groups excluding carboxylic acids is 1. The second-order valence-corrected chi connectivity index (χ2v) is 9.19. The minimum atomic E-state index is -0.122. The van der Waals surface area contributed by atoms with Crippen molar-refractivity contribution < 1.29 is 14.4 Å². The quantitative estimate of drug-likeness (QED) is 0.394. The molecule has 0 radical (unpaired) electrons. The van der Waals surface area contributed by atoms with E-state index in [4.69, 9.17) is 14.6 Å². The molecule has 1 fully saturated rings. The molecular weight excluding hydrogens is 450 g/mol. The molecule has 0 N–H and O–H groups in total. The Bertz CT molecular complexity index is 1060. The molecular formula is C25H31N5O3S. The smallest absolute Gasteiger partial charge is 0.244 e. The number of aromatic nitrogens is 3. The van der Waals surface area contributed by atoms with Crippen molar-refractivity contribution in [3.8, 4) is 0 Å². The van der Waals surface area contributed by atoms with Crippen molar-refractivity contribution in [1.82, 2.24) is 19.7 Å². The van der Waals surface area contributed by atoms with E-state index in [2.05, 4.69) is 15.6 Å². The maximum absolute atomic E-state index is 12.5. The molecule has 1 amide bonds. The highest BCUT2D eigenvalue weighted by molar-refractivity contribution is 7.10. The van der Waals surface area contributed by atoms with Crippen molar-refractivity contribution in [2.45, 2.75) is 51.7 Å². The summed E-state index contributed by atoms with van der Waals surface area (Å²) in [5.74, 6) is 1.28. The van der Waals surface area contributed by atoms with Crippen LogP contribution in [-0.4, -0.2) is 57.1 Å². The van der Waals surface area contributed by atoms with Gasteiger partial charge >= 0.3 is 0 Å². The van der Waals surface area contributed by atoms with Gasteiger partial charge in [-0.2, -0.15) is 5.10 Å². The predicted molar refractivity (Wildman–Crippen MR) is 133 cm³/mol. The summed E-state index contributed by atoms with van der Waals surface area (Å²) in [7, 11) is 0. The van der Waals surface area contributed by atoms with Crippen LogP contribution < -0.4 is 0 Å². The molecule has 8 nitrogen and oxygen atoms in total. The van der Waals surface area contributed by atoms with Gasteiger partial charge in [-0.15, -0.1) is 11.3 Å². The van der Waals surface area contributed by atoms with E-state index in [1.165, 1.54) is 0 Å². The lowest BCUT2D eigenvalue weighted by atomic mass is 9.97. The summed E-state index contributed by atoms with van der Waals surface area (Å²) in [6, 6.07) is 1.83. The molecule has 0 aliphatic carbocycles. The molecule has 0 bridgehead atoms. The van der Waals surface area contributed by atoms with E-state index in [9.17, 15) is 4.79 Å². The standard InChI is InChI=1S/C25H31N5O3S/c1-3-5-8-20(7-4-2)32-17-21-15-22(28-33-21)23-18-34-25(27-23)19-9-13-29(14-10-19)24(31)16-30-12-6-11-26-30/h3-8,11-12,18-19,21H,9-10,13-17H2,1-2H3/b5-3-,7-4-,20-8+. The zero-order chi connectivity index (χ0) is 23.8. The minimum absolute atomic E-state index is 0.117. The van der Waals surface area contributed by atoms with Crippen LogP contribution in [0.5, 0.6) is 0 Å². The Morgan fingerprint density at radius 2 is 2.15 bits per heavy atom. The molecule has 2 aromatic heterocycles. The molecule has 34 heavy (non-hydrogen) atoms. The molecule has 1 atom stereocenters. The molecule has 2 aliphatic heterocycles. The average molecular weight is 482 g/mol. The fourth-order valence-electron chi connectivity index (χ4n) is 3.98. The molecule has 0 spiro atoms. The Hall–Kier alpha value is -3.20. The average Bonchev–Trinajstić information content (AvgIpc) is 3.63. The van der Waals surface area contributed by atoms with Crippen molar-refractivity contribution in [3.63, 3.8) is 0 Å². The number of likely N-dealkylation sites (tertiary alicyclic amines) is 1. The number of ether oxygens (including phenoxy) is 1. The Balaban J connectivity index is 1.25. The van der Waals surface area contributed by atoms with E-state index < -0.39 is 0 Å². The predicted octanol–water partition coefficient (Wildman–Crippen LogP) is 4.29. The fraction of sp³-hybridized carbons (Fsp3) is 0.440. The van der Waals surface area contributed by atoms with Gasteiger partial charge in [0, 0.05) is 43.2 Å². The molecule has 4 heterocycles. The lowest BCUT2D eigenvalue weighted by Crippen LogP contribution is -2.39. The number of piperidine rings is 1. The fourth-order valence-corrected chi connectivity index (χ4v) is 4.98. The van der Waals surface area contributed by atoms with Crippen molar-refractivity contribution in [3.05, 3.63) is 70.7 Å². The first-order chi connectivity index (χ1) is 16.7. The van der Waals surface area contributed by atoms with E-state index in [1.54, 1.807) is 22.2 Å². The zero-order valence-electron chi connectivity index (χ0n) is 19.7. The van der Waals surface area contributed by atoms with Gasteiger partial charge in [0.1, 0.15) is 24.6 Å². The summed E-state index contributed by atoms with van der Waals surface area (Å²) in [5, 5.41) is 11.6. The Labute approximate surface area is 204 Å². The highest BCUT2D eigenvalue weighted by Crippen LogP contribution is 2.31. The number of thiazole rings is 1. The number of hydrogen-bond donors (Lipinski definition) is 0. The van der Waals surface area contributed by atoms with Crippen molar-refractivity contribution in [1.29, 1.82) is 0 Å². The molecule has 1 unspecified atom stereocenters. The number of amides is 1. The van der Waals surface area contributed by atoms with Gasteiger partial charge in [0.2, 0.25) is 5.91 Å². The Morgan fingerprint density at radius 1 is 1.29 bits per heavy atom. The number of hydrogen-bond acceptors (Lipinski definition) is 7. The van der Waals surface area contributed by atoms with Crippen LogP contribution in [0.25, 0.3) is 0 Å². The molecule has 0 saturated carbocycles. The van der Waals surface area contributed by atoms with Gasteiger partial charge in [-0.05, 0) is 44.9 Å². The topological polar surface area (TPSA) is 81.8 Å². The zero-order valence-corrected chi connectivity index (χ0v) is 20.5. The van der Waals surface area contributed by atoms with Crippen LogP contribution in [0.4, 0.5) is 0 Å². The second kappa shape index (κ2) is 11.8. The first-order valence-electron chi connectivity index (χ1n) is 11.7. The van der Waals surface area contributed by atoms with Gasteiger partial charge in [-0.25, -0.2) is 4.98 Å². The van der Waals surface area contributed by atoms with Crippen LogP contribution in [0.1, 0.15) is 49.7 Å². The number of rotatable bonds is 9. The molecule has 4 rings (SSSR count). The van der Waals surface area contributed by atoms with E-state index in [-0.39, 0.29) is 12.0 Å².